The highest BCUT2D eigenvalue weighted by Gasteiger charge is 2.32. The van der Waals surface area contributed by atoms with Crippen LogP contribution in [0.4, 0.5) is 68.2 Å². The van der Waals surface area contributed by atoms with Crippen LogP contribution in [0.25, 0.3) is 28.5 Å². The Kier molecular flexibility index (Phi) is 8.67. The number of rotatable bonds is 7. The van der Waals surface area contributed by atoms with Crippen LogP contribution in [0.2, 0.25) is 0 Å². The SMILES string of the molecule is c1ccc(-c2nc(-c3ccc(N4c5ccccc5N(c5ccccc5)c5ccccc54)cc3)n(-c3ccc(N4c5ccccc5N(c5ccccc5)c5ccccc54)cc3)n2)cc1. The van der Waals surface area contributed by atoms with Crippen molar-refractivity contribution in [3.63, 3.8) is 0 Å². The summed E-state index contributed by atoms with van der Waals surface area (Å²) in [5.41, 5.74) is 16.1. The molecule has 12 rings (SSSR count). The first-order valence-corrected chi connectivity index (χ1v) is 21.2. The molecule has 3 heterocycles. The summed E-state index contributed by atoms with van der Waals surface area (Å²) in [5, 5.41) is 5.16. The van der Waals surface area contributed by atoms with Crippen molar-refractivity contribution in [2.24, 2.45) is 0 Å². The van der Waals surface area contributed by atoms with Crippen LogP contribution in [0, 0.1) is 0 Å². The van der Waals surface area contributed by atoms with Crippen molar-refractivity contribution in [1.82, 2.24) is 14.8 Å². The van der Waals surface area contributed by atoms with Crippen molar-refractivity contribution in [3.8, 4) is 28.5 Å². The fraction of sp³-hybridized carbons (Fsp3) is 0. The van der Waals surface area contributed by atoms with Crippen molar-refractivity contribution in [2.45, 2.75) is 0 Å². The van der Waals surface area contributed by atoms with Gasteiger partial charge in [-0.05, 0) is 121 Å². The monoisotopic (exact) mass is 809 g/mol. The molecule has 0 bridgehead atoms. The smallest absolute Gasteiger partial charge is 0.182 e. The van der Waals surface area contributed by atoms with E-state index in [1.165, 1.54) is 0 Å². The molecule has 0 unspecified atom stereocenters. The van der Waals surface area contributed by atoms with Gasteiger partial charge in [0.2, 0.25) is 0 Å². The number of hydrogen-bond donors (Lipinski definition) is 0. The fourth-order valence-electron chi connectivity index (χ4n) is 9.05. The fourth-order valence-corrected chi connectivity index (χ4v) is 9.05. The average Bonchev–Trinajstić information content (AvgIpc) is 3.81. The third-order valence-electron chi connectivity index (χ3n) is 11.9. The van der Waals surface area contributed by atoms with Crippen LogP contribution < -0.4 is 19.6 Å². The number of fused-ring (bicyclic) bond motifs is 4. The number of nitrogens with zero attached hydrogens (tertiary/aromatic N) is 7. The maximum absolute atomic E-state index is 5.21. The molecule has 0 atom stereocenters. The molecule has 10 aromatic rings. The Hall–Kier alpha value is -8.68. The number of anilines is 12. The molecule has 0 amide bonds. The summed E-state index contributed by atoms with van der Waals surface area (Å²) < 4.78 is 1.97. The van der Waals surface area contributed by atoms with E-state index in [0.717, 1.165) is 90.9 Å². The summed E-state index contributed by atoms with van der Waals surface area (Å²) in [7, 11) is 0. The van der Waals surface area contributed by atoms with E-state index >= 15 is 0 Å². The van der Waals surface area contributed by atoms with Crippen molar-refractivity contribution >= 4 is 68.2 Å². The van der Waals surface area contributed by atoms with Crippen molar-refractivity contribution in [3.05, 3.63) is 237 Å². The molecule has 1 aromatic heterocycles. The number of aromatic nitrogens is 3. The normalized spacial score (nSPS) is 12.6. The van der Waals surface area contributed by atoms with Crippen LogP contribution >= 0.6 is 0 Å². The standard InChI is InChI=1S/C56H39N7/c1-4-18-40(19-5-1)55-57-56(41-32-34-44(35-33-41)61-51-28-14-10-24-47(51)59(42-20-6-2-7-21-42)48-25-11-15-29-52(48)61)63(58-55)46-38-36-45(37-39-46)62-53-30-16-12-26-49(53)60(43-22-8-3-9-23-43)50-27-13-17-31-54(50)62/h1-39H. The predicted octanol–water partition coefficient (Wildman–Crippen LogP) is 15.1. The second-order valence-electron chi connectivity index (χ2n) is 15.6. The van der Waals surface area contributed by atoms with Crippen LogP contribution in [-0.2, 0) is 0 Å². The number of para-hydroxylation sites is 10. The number of hydrogen-bond acceptors (Lipinski definition) is 6. The highest BCUT2D eigenvalue weighted by molar-refractivity contribution is 6.03. The predicted molar refractivity (Wildman–Crippen MR) is 258 cm³/mol. The van der Waals surface area contributed by atoms with E-state index in [-0.39, 0.29) is 0 Å². The van der Waals surface area contributed by atoms with E-state index < -0.39 is 0 Å². The summed E-state index contributed by atoms with van der Waals surface area (Å²) in [6, 6.07) is 83.1. The van der Waals surface area contributed by atoms with E-state index in [2.05, 4.69) is 238 Å². The molecule has 2 aliphatic rings. The molecule has 0 saturated heterocycles. The van der Waals surface area contributed by atoms with Gasteiger partial charge in [-0.2, -0.15) is 0 Å². The van der Waals surface area contributed by atoms with E-state index in [4.69, 9.17) is 10.1 Å². The summed E-state index contributed by atoms with van der Waals surface area (Å²) in [4.78, 5) is 14.6. The molecule has 7 nitrogen and oxygen atoms in total. The maximum atomic E-state index is 5.21. The average molecular weight is 810 g/mol. The van der Waals surface area contributed by atoms with Gasteiger partial charge >= 0.3 is 0 Å². The summed E-state index contributed by atoms with van der Waals surface area (Å²) in [5.74, 6) is 1.42. The van der Waals surface area contributed by atoms with Gasteiger partial charge in [-0.3, -0.25) is 0 Å². The lowest BCUT2D eigenvalue weighted by Gasteiger charge is -2.40. The Balaban J connectivity index is 0.931. The van der Waals surface area contributed by atoms with Gasteiger partial charge in [0.25, 0.3) is 0 Å². The molecule has 2 aliphatic heterocycles. The third kappa shape index (κ3) is 6.13. The lowest BCUT2D eigenvalue weighted by atomic mass is 10.0. The Labute approximate surface area is 366 Å². The lowest BCUT2D eigenvalue weighted by molar-refractivity contribution is 0.890. The lowest BCUT2D eigenvalue weighted by Crippen LogP contribution is -2.23. The first-order chi connectivity index (χ1) is 31.3. The largest absolute Gasteiger partial charge is 0.306 e. The van der Waals surface area contributed by atoms with Crippen molar-refractivity contribution < 1.29 is 0 Å². The minimum Gasteiger partial charge on any atom is -0.306 e. The van der Waals surface area contributed by atoms with Gasteiger partial charge in [0.15, 0.2) is 11.6 Å². The van der Waals surface area contributed by atoms with Gasteiger partial charge in [0.05, 0.1) is 51.2 Å². The summed E-state index contributed by atoms with van der Waals surface area (Å²) in [6.07, 6.45) is 0. The molecule has 0 spiro atoms. The van der Waals surface area contributed by atoms with Gasteiger partial charge < -0.3 is 19.6 Å². The first kappa shape index (κ1) is 36.2. The second-order valence-corrected chi connectivity index (χ2v) is 15.6. The molecule has 298 valence electrons. The van der Waals surface area contributed by atoms with Gasteiger partial charge in [0.1, 0.15) is 0 Å². The van der Waals surface area contributed by atoms with Crippen LogP contribution in [0.5, 0.6) is 0 Å². The van der Waals surface area contributed by atoms with Crippen LogP contribution in [0.15, 0.2) is 237 Å². The molecule has 0 N–H and O–H groups in total. The third-order valence-corrected chi connectivity index (χ3v) is 11.9. The van der Waals surface area contributed by atoms with E-state index in [1.54, 1.807) is 0 Å². The zero-order chi connectivity index (χ0) is 41.7. The molecule has 0 radical (unpaired) electrons. The van der Waals surface area contributed by atoms with Gasteiger partial charge in [-0.25, -0.2) is 9.67 Å². The van der Waals surface area contributed by atoms with Crippen molar-refractivity contribution in [1.29, 1.82) is 0 Å². The Morgan fingerprint density at radius 1 is 0.238 bits per heavy atom. The molecule has 0 aliphatic carbocycles. The van der Waals surface area contributed by atoms with Crippen LogP contribution in [0.3, 0.4) is 0 Å². The van der Waals surface area contributed by atoms with Crippen molar-refractivity contribution in [2.75, 3.05) is 19.6 Å². The zero-order valence-corrected chi connectivity index (χ0v) is 34.1. The maximum Gasteiger partial charge on any atom is 0.182 e. The Bertz CT molecular complexity index is 2940. The Morgan fingerprint density at radius 3 is 0.889 bits per heavy atom. The topological polar surface area (TPSA) is 43.7 Å². The van der Waals surface area contributed by atoms with E-state index in [9.17, 15) is 0 Å². The molecular weight excluding hydrogens is 771 g/mol. The minimum atomic E-state index is 0.665. The molecule has 0 fully saturated rings. The second kappa shape index (κ2) is 15.1. The molecular formula is C56H39N7. The van der Waals surface area contributed by atoms with Gasteiger partial charge in [0, 0.05) is 33.9 Å². The highest BCUT2D eigenvalue weighted by atomic mass is 15.4. The zero-order valence-electron chi connectivity index (χ0n) is 34.1. The summed E-state index contributed by atoms with van der Waals surface area (Å²) >= 11 is 0. The van der Waals surface area contributed by atoms with Crippen LogP contribution in [-0.4, -0.2) is 14.8 Å². The Morgan fingerprint density at radius 2 is 0.524 bits per heavy atom. The molecule has 9 aromatic carbocycles. The van der Waals surface area contributed by atoms with Crippen LogP contribution in [0.1, 0.15) is 0 Å². The first-order valence-electron chi connectivity index (χ1n) is 21.2. The molecule has 63 heavy (non-hydrogen) atoms. The van der Waals surface area contributed by atoms with E-state index in [1.807, 2.05) is 22.9 Å². The highest BCUT2D eigenvalue weighted by Crippen LogP contribution is 2.55. The number of benzene rings is 9. The minimum absolute atomic E-state index is 0.665. The molecule has 0 saturated carbocycles. The summed E-state index contributed by atoms with van der Waals surface area (Å²) in [6.45, 7) is 0. The van der Waals surface area contributed by atoms with Gasteiger partial charge in [-0.1, -0.05) is 115 Å². The van der Waals surface area contributed by atoms with E-state index in [0.29, 0.717) is 5.82 Å². The quantitative estimate of drug-likeness (QED) is 0.160. The van der Waals surface area contributed by atoms with Gasteiger partial charge in [-0.15, -0.1) is 5.10 Å². The molecule has 7 heteroatoms.